The summed E-state index contributed by atoms with van der Waals surface area (Å²) >= 11 is 0. The van der Waals surface area contributed by atoms with Crippen LogP contribution in [0.5, 0.6) is 0 Å². The highest BCUT2D eigenvalue weighted by atomic mass is 16.3. The van der Waals surface area contributed by atoms with Crippen molar-refractivity contribution < 1.29 is 9.90 Å². The molecule has 1 aromatic heterocycles. The van der Waals surface area contributed by atoms with Gasteiger partial charge in [0.05, 0.1) is 18.2 Å². The molecule has 0 spiro atoms. The van der Waals surface area contributed by atoms with Crippen molar-refractivity contribution in [3.05, 3.63) is 30.1 Å². The molecular weight excluding hydrogens is 290 g/mol. The van der Waals surface area contributed by atoms with Crippen molar-refractivity contribution in [1.29, 1.82) is 0 Å². The lowest BCUT2D eigenvalue weighted by atomic mass is 9.81. The van der Waals surface area contributed by atoms with Crippen molar-refractivity contribution in [2.24, 2.45) is 5.92 Å². The average Bonchev–Trinajstić information content (AvgIpc) is 2.52. The molecule has 1 atom stereocenters. The van der Waals surface area contributed by atoms with Crippen molar-refractivity contribution in [1.82, 2.24) is 15.2 Å². The van der Waals surface area contributed by atoms with Crippen LogP contribution in [0.1, 0.15) is 57.6 Å². The summed E-state index contributed by atoms with van der Waals surface area (Å²) in [5.74, 6) is 0.451. The lowest BCUT2D eigenvalue weighted by molar-refractivity contribution is 0.0522. The van der Waals surface area contributed by atoms with Crippen LogP contribution in [0.15, 0.2) is 24.5 Å². The minimum atomic E-state index is -0.902. The molecule has 5 heteroatoms. The van der Waals surface area contributed by atoms with Crippen molar-refractivity contribution >= 4 is 6.03 Å². The second-order valence-corrected chi connectivity index (χ2v) is 7.28. The molecule has 0 unspecified atom stereocenters. The second-order valence-electron chi connectivity index (χ2n) is 7.28. The number of carbonyl (C=O) groups is 1. The Balaban J connectivity index is 2.09. The summed E-state index contributed by atoms with van der Waals surface area (Å²) in [6.45, 7) is 3.70. The van der Waals surface area contributed by atoms with E-state index in [2.05, 4.69) is 10.3 Å². The van der Waals surface area contributed by atoms with E-state index in [-0.39, 0.29) is 12.1 Å². The minimum Gasteiger partial charge on any atom is -0.389 e. The predicted octanol–water partition coefficient (Wildman–Crippen LogP) is 3.12. The highest BCUT2D eigenvalue weighted by molar-refractivity contribution is 5.74. The minimum absolute atomic E-state index is 0.0132. The molecule has 0 saturated heterocycles. The van der Waals surface area contributed by atoms with Gasteiger partial charge in [-0.25, -0.2) is 4.79 Å². The van der Waals surface area contributed by atoms with E-state index in [1.165, 1.54) is 19.3 Å². The Kier molecular flexibility index (Phi) is 5.99. The highest BCUT2D eigenvalue weighted by Crippen LogP contribution is 2.34. The molecule has 1 aromatic rings. The number of aromatic nitrogens is 1. The van der Waals surface area contributed by atoms with Crippen LogP contribution in [-0.4, -0.2) is 40.2 Å². The number of urea groups is 1. The number of carbonyl (C=O) groups excluding carboxylic acids is 1. The molecule has 1 aliphatic rings. The lowest BCUT2D eigenvalue weighted by Gasteiger charge is -2.33. The molecule has 0 aliphatic heterocycles. The number of likely N-dealkylation sites (N-methyl/N-ethyl adjacent to an activating group) is 1. The summed E-state index contributed by atoms with van der Waals surface area (Å²) in [5.41, 5.74) is 0.158. The Bertz CT molecular complexity index is 493. The van der Waals surface area contributed by atoms with E-state index in [0.29, 0.717) is 12.5 Å². The number of hydrogen-bond donors (Lipinski definition) is 2. The zero-order chi connectivity index (χ0) is 16.9. The fraction of sp³-hybridized carbons (Fsp3) is 0.667. The van der Waals surface area contributed by atoms with E-state index in [9.17, 15) is 9.90 Å². The van der Waals surface area contributed by atoms with Gasteiger partial charge in [-0.2, -0.15) is 0 Å². The number of nitrogens with zero attached hydrogens (tertiary/aromatic N) is 2. The van der Waals surface area contributed by atoms with Crippen LogP contribution in [-0.2, 0) is 0 Å². The normalized spacial score (nSPS) is 17.6. The molecule has 128 valence electrons. The predicted molar refractivity (Wildman–Crippen MR) is 91.0 cm³/mol. The summed E-state index contributed by atoms with van der Waals surface area (Å²) in [6, 6.07) is 3.78. The molecule has 0 bridgehead atoms. The number of aliphatic hydroxyl groups is 1. The number of rotatable bonds is 5. The first-order chi connectivity index (χ1) is 10.9. The molecule has 1 heterocycles. The lowest BCUT2D eigenvalue weighted by Crippen LogP contribution is -2.47. The van der Waals surface area contributed by atoms with Crippen LogP contribution in [0.25, 0.3) is 0 Å². The molecule has 2 rings (SSSR count). The van der Waals surface area contributed by atoms with Crippen LogP contribution in [0.3, 0.4) is 0 Å². The van der Waals surface area contributed by atoms with Gasteiger partial charge in [-0.05, 0) is 44.2 Å². The first kappa shape index (κ1) is 17.7. The van der Waals surface area contributed by atoms with Gasteiger partial charge >= 0.3 is 6.03 Å². The standard InChI is InChI=1S/C18H29N3O2/c1-18(2,23)13-21(3)17(22)20-16(14-8-5-4-6-9-14)15-10-7-11-19-12-15/h7,10-12,14,16,23H,4-6,8-9,13H2,1-3H3,(H,20,22)/t16-/m1/s1. The number of hydrogen-bond acceptors (Lipinski definition) is 3. The molecular formula is C18H29N3O2. The van der Waals surface area contributed by atoms with Gasteiger partial charge in [0, 0.05) is 19.4 Å². The molecule has 2 amide bonds. The quantitative estimate of drug-likeness (QED) is 0.876. The molecule has 0 radical (unpaired) electrons. The Morgan fingerprint density at radius 2 is 2.13 bits per heavy atom. The van der Waals surface area contributed by atoms with Crippen LogP contribution in [0.4, 0.5) is 4.79 Å². The first-order valence-corrected chi connectivity index (χ1v) is 8.51. The zero-order valence-electron chi connectivity index (χ0n) is 14.5. The molecule has 0 aromatic carbocycles. The smallest absolute Gasteiger partial charge is 0.317 e. The average molecular weight is 319 g/mol. The summed E-state index contributed by atoms with van der Waals surface area (Å²) < 4.78 is 0. The molecule has 23 heavy (non-hydrogen) atoms. The molecule has 5 nitrogen and oxygen atoms in total. The number of amides is 2. The Morgan fingerprint density at radius 3 is 2.70 bits per heavy atom. The SMILES string of the molecule is CN(CC(C)(C)O)C(=O)N[C@@H](c1cccnc1)C1CCCCC1. The third kappa shape index (κ3) is 5.50. The maximum Gasteiger partial charge on any atom is 0.317 e. The fourth-order valence-electron chi connectivity index (χ4n) is 3.40. The summed E-state index contributed by atoms with van der Waals surface area (Å²) in [7, 11) is 1.72. The van der Waals surface area contributed by atoms with Gasteiger partial charge in [-0.15, -0.1) is 0 Å². The first-order valence-electron chi connectivity index (χ1n) is 8.51. The molecule has 1 fully saturated rings. The van der Waals surface area contributed by atoms with Crippen molar-refractivity contribution in [2.75, 3.05) is 13.6 Å². The number of pyridine rings is 1. The fourth-order valence-corrected chi connectivity index (χ4v) is 3.40. The zero-order valence-corrected chi connectivity index (χ0v) is 14.5. The van der Waals surface area contributed by atoms with Gasteiger partial charge in [-0.1, -0.05) is 25.3 Å². The van der Waals surface area contributed by atoms with Gasteiger partial charge in [0.15, 0.2) is 0 Å². The molecule has 1 saturated carbocycles. The van der Waals surface area contributed by atoms with Crippen LogP contribution in [0, 0.1) is 5.92 Å². The topological polar surface area (TPSA) is 65.5 Å². The molecule has 2 N–H and O–H groups in total. The van der Waals surface area contributed by atoms with Gasteiger partial charge in [0.1, 0.15) is 0 Å². The third-order valence-electron chi connectivity index (χ3n) is 4.41. The maximum atomic E-state index is 12.5. The number of nitrogens with one attached hydrogen (secondary N) is 1. The van der Waals surface area contributed by atoms with Crippen LogP contribution in [0.2, 0.25) is 0 Å². The van der Waals surface area contributed by atoms with Gasteiger partial charge in [-0.3, -0.25) is 4.98 Å². The van der Waals surface area contributed by atoms with Crippen LogP contribution < -0.4 is 5.32 Å². The van der Waals surface area contributed by atoms with Gasteiger partial charge in [0.25, 0.3) is 0 Å². The van der Waals surface area contributed by atoms with Crippen LogP contribution >= 0.6 is 0 Å². The van der Waals surface area contributed by atoms with E-state index in [1.54, 1.807) is 32.0 Å². The summed E-state index contributed by atoms with van der Waals surface area (Å²) in [4.78, 5) is 18.3. The highest BCUT2D eigenvalue weighted by Gasteiger charge is 2.28. The van der Waals surface area contributed by atoms with E-state index < -0.39 is 5.60 Å². The van der Waals surface area contributed by atoms with E-state index >= 15 is 0 Å². The van der Waals surface area contributed by atoms with Crippen molar-refractivity contribution in [3.63, 3.8) is 0 Å². The maximum absolute atomic E-state index is 12.5. The summed E-state index contributed by atoms with van der Waals surface area (Å²) in [6.07, 6.45) is 9.58. The second kappa shape index (κ2) is 7.77. The van der Waals surface area contributed by atoms with E-state index in [4.69, 9.17) is 0 Å². The van der Waals surface area contributed by atoms with Crippen molar-refractivity contribution in [3.8, 4) is 0 Å². The molecule has 1 aliphatic carbocycles. The largest absolute Gasteiger partial charge is 0.389 e. The third-order valence-corrected chi connectivity index (χ3v) is 4.41. The Morgan fingerprint density at radius 1 is 1.43 bits per heavy atom. The van der Waals surface area contributed by atoms with Gasteiger partial charge < -0.3 is 15.3 Å². The Labute approximate surface area is 139 Å². The van der Waals surface area contributed by atoms with E-state index in [1.807, 2.05) is 18.3 Å². The monoisotopic (exact) mass is 319 g/mol. The van der Waals surface area contributed by atoms with Gasteiger partial charge in [0.2, 0.25) is 0 Å². The van der Waals surface area contributed by atoms with Crippen molar-refractivity contribution in [2.45, 2.75) is 57.6 Å². The summed E-state index contributed by atoms with van der Waals surface area (Å²) in [5, 5.41) is 13.1. The Hall–Kier alpha value is -1.62. The van der Waals surface area contributed by atoms with E-state index in [0.717, 1.165) is 18.4 Å².